The van der Waals surface area contributed by atoms with E-state index in [1.807, 2.05) is 13.0 Å². The molecule has 0 radical (unpaired) electrons. The third kappa shape index (κ3) is 2.08. The molecule has 4 nitrogen and oxygen atoms in total. The van der Waals surface area contributed by atoms with Crippen LogP contribution in [-0.4, -0.2) is 34.3 Å². The Hall–Kier alpha value is -0.870. The van der Waals surface area contributed by atoms with Gasteiger partial charge >= 0.3 is 0 Å². The maximum Gasteiger partial charge on any atom is 0.134 e. The van der Waals surface area contributed by atoms with Gasteiger partial charge in [-0.15, -0.1) is 0 Å². The van der Waals surface area contributed by atoms with Crippen molar-refractivity contribution >= 4 is 17.4 Å². The summed E-state index contributed by atoms with van der Waals surface area (Å²) in [7, 11) is 0. The van der Waals surface area contributed by atoms with Crippen LogP contribution in [0.25, 0.3) is 0 Å². The first-order valence-corrected chi connectivity index (χ1v) is 7.01. The van der Waals surface area contributed by atoms with Crippen molar-refractivity contribution in [3.63, 3.8) is 0 Å². The van der Waals surface area contributed by atoms with Crippen molar-refractivity contribution in [2.75, 3.05) is 18.0 Å². The van der Waals surface area contributed by atoms with E-state index in [4.69, 9.17) is 11.6 Å². The molecule has 3 rings (SSSR count). The van der Waals surface area contributed by atoms with E-state index >= 15 is 0 Å². The SMILES string of the molecule is CCc1nc(Cl)cc(N2CC3CCC(O)C3C2)n1. The van der Waals surface area contributed by atoms with Gasteiger partial charge < -0.3 is 10.0 Å². The van der Waals surface area contributed by atoms with Gasteiger partial charge in [0.1, 0.15) is 16.8 Å². The molecule has 1 aliphatic heterocycles. The Balaban J connectivity index is 1.82. The van der Waals surface area contributed by atoms with Crippen molar-refractivity contribution in [3.05, 3.63) is 17.0 Å². The quantitative estimate of drug-likeness (QED) is 0.832. The summed E-state index contributed by atoms with van der Waals surface area (Å²) in [6, 6.07) is 1.83. The molecule has 3 atom stereocenters. The third-order valence-electron chi connectivity index (χ3n) is 4.19. The molecule has 18 heavy (non-hydrogen) atoms. The highest BCUT2D eigenvalue weighted by atomic mass is 35.5. The van der Waals surface area contributed by atoms with Crippen LogP contribution in [0.15, 0.2) is 6.07 Å². The molecule has 98 valence electrons. The Morgan fingerprint density at radius 3 is 2.94 bits per heavy atom. The van der Waals surface area contributed by atoms with Crippen LogP contribution in [0.2, 0.25) is 5.15 Å². The highest BCUT2D eigenvalue weighted by molar-refractivity contribution is 6.29. The highest BCUT2D eigenvalue weighted by Crippen LogP contribution is 2.39. The van der Waals surface area contributed by atoms with Crippen molar-refractivity contribution in [1.82, 2.24) is 9.97 Å². The smallest absolute Gasteiger partial charge is 0.134 e. The summed E-state index contributed by atoms with van der Waals surface area (Å²) < 4.78 is 0. The van der Waals surface area contributed by atoms with Crippen LogP contribution in [0, 0.1) is 11.8 Å². The molecular weight excluding hydrogens is 250 g/mol. The molecule has 2 aliphatic rings. The number of hydrogen-bond donors (Lipinski definition) is 1. The number of aliphatic hydroxyl groups is 1. The van der Waals surface area contributed by atoms with E-state index in [-0.39, 0.29) is 6.10 Å². The molecule has 5 heteroatoms. The van der Waals surface area contributed by atoms with E-state index in [1.54, 1.807) is 0 Å². The number of aromatic nitrogens is 2. The summed E-state index contributed by atoms with van der Waals surface area (Å²) in [6.45, 7) is 3.90. The Morgan fingerprint density at radius 2 is 2.22 bits per heavy atom. The first-order valence-electron chi connectivity index (χ1n) is 6.64. The fraction of sp³-hybridized carbons (Fsp3) is 0.692. The molecule has 2 fully saturated rings. The number of fused-ring (bicyclic) bond motifs is 1. The Kier molecular flexibility index (Phi) is 3.16. The van der Waals surface area contributed by atoms with E-state index in [9.17, 15) is 5.11 Å². The Morgan fingerprint density at radius 1 is 1.39 bits per heavy atom. The maximum absolute atomic E-state index is 9.93. The van der Waals surface area contributed by atoms with Crippen LogP contribution in [0.3, 0.4) is 0 Å². The number of nitrogens with zero attached hydrogens (tertiary/aromatic N) is 3. The molecule has 0 aromatic carbocycles. The molecule has 1 aromatic rings. The first-order chi connectivity index (χ1) is 8.67. The minimum absolute atomic E-state index is 0.136. The molecule has 1 saturated carbocycles. The van der Waals surface area contributed by atoms with Crippen LogP contribution in [-0.2, 0) is 6.42 Å². The van der Waals surface area contributed by atoms with Gasteiger partial charge in [0.15, 0.2) is 0 Å². The zero-order valence-corrected chi connectivity index (χ0v) is 11.3. The molecule has 1 N–H and O–H groups in total. The van der Waals surface area contributed by atoms with Gasteiger partial charge in [-0.1, -0.05) is 18.5 Å². The summed E-state index contributed by atoms with van der Waals surface area (Å²) in [5.41, 5.74) is 0. The standard InChI is InChI=1S/C13H18ClN3O/c1-2-12-15-11(14)5-13(16-12)17-6-8-3-4-10(18)9(8)7-17/h5,8-10,18H,2-4,6-7H2,1H3. The average molecular weight is 268 g/mol. The highest BCUT2D eigenvalue weighted by Gasteiger charge is 2.42. The van der Waals surface area contributed by atoms with E-state index < -0.39 is 0 Å². The van der Waals surface area contributed by atoms with E-state index in [2.05, 4.69) is 14.9 Å². The predicted molar refractivity (Wildman–Crippen MR) is 70.9 cm³/mol. The number of hydrogen-bond acceptors (Lipinski definition) is 4. The van der Waals surface area contributed by atoms with Gasteiger partial charge in [0.05, 0.1) is 6.10 Å². The number of halogens is 1. The lowest BCUT2D eigenvalue weighted by Gasteiger charge is -2.19. The number of aliphatic hydroxyl groups excluding tert-OH is 1. The van der Waals surface area contributed by atoms with Crippen molar-refractivity contribution in [3.8, 4) is 0 Å². The average Bonchev–Trinajstić information content (AvgIpc) is 2.91. The molecular formula is C13H18ClN3O. The van der Waals surface area contributed by atoms with Crippen LogP contribution in [0.5, 0.6) is 0 Å². The lowest BCUT2D eigenvalue weighted by Crippen LogP contribution is -2.25. The lowest BCUT2D eigenvalue weighted by molar-refractivity contribution is 0.133. The van der Waals surface area contributed by atoms with Crippen molar-refractivity contribution in [2.24, 2.45) is 11.8 Å². The molecule has 0 amide bonds. The van der Waals surface area contributed by atoms with Gasteiger partial charge in [0.2, 0.25) is 0 Å². The van der Waals surface area contributed by atoms with Crippen molar-refractivity contribution < 1.29 is 5.11 Å². The van der Waals surface area contributed by atoms with E-state index in [1.165, 1.54) is 0 Å². The van der Waals surface area contributed by atoms with Gasteiger partial charge in [-0.3, -0.25) is 0 Å². The van der Waals surface area contributed by atoms with E-state index in [0.717, 1.165) is 44.0 Å². The van der Waals surface area contributed by atoms with Crippen LogP contribution >= 0.6 is 11.6 Å². The van der Waals surface area contributed by atoms with Gasteiger partial charge in [-0.2, -0.15) is 0 Å². The summed E-state index contributed by atoms with van der Waals surface area (Å²) in [5.74, 6) is 2.71. The van der Waals surface area contributed by atoms with Crippen LogP contribution in [0.4, 0.5) is 5.82 Å². The van der Waals surface area contributed by atoms with Crippen molar-refractivity contribution in [1.29, 1.82) is 0 Å². The molecule has 0 spiro atoms. The minimum atomic E-state index is -0.136. The Bertz CT molecular complexity index is 454. The summed E-state index contributed by atoms with van der Waals surface area (Å²) >= 11 is 6.03. The van der Waals surface area contributed by atoms with Gasteiger partial charge in [0, 0.05) is 31.5 Å². The molecule has 2 heterocycles. The van der Waals surface area contributed by atoms with Gasteiger partial charge in [-0.05, 0) is 18.8 Å². The third-order valence-corrected chi connectivity index (χ3v) is 4.38. The van der Waals surface area contributed by atoms with E-state index in [0.29, 0.717) is 17.0 Å². The summed E-state index contributed by atoms with van der Waals surface area (Å²) in [6.07, 6.45) is 2.73. The second kappa shape index (κ2) is 4.67. The topological polar surface area (TPSA) is 49.2 Å². The summed E-state index contributed by atoms with van der Waals surface area (Å²) in [4.78, 5) is 11.0. The maximum atomic E-state index is 9.93. The fourth-order valence-electron chi connectivity index (χ4n) is 3.20. The molecule has 1 saturated heterocycles. The number of aryl methyl sites for hydroxylation is 1. The van der Waals surface area contributed by atoms with Gasteiger partial charge in [-0.25, -0.2) is 9.97 Å². The monoisotopic (exact) mass is 267 g/mol. The van der Waals surface area contributed by atoms with Crippen molar-refractivity contribution in [2.45, 2.75) is 32.3 Å². The number of anilines is 1. The lowest BCUT2D eigenvalue weighted by atomic mass is 10.00. The number of rotatable bonds is 2. The molecule has 1 aliphatic carbocycles. The fourth-order valence-corrected chi connectivity index (χ4v) is 3.39. The summed E-state index contributed by atoms with van der Waals surface area (Å²) in [5, 5.41) is 10.4. The molecule has 3 unspecified atom stereocenters. The molecule has 1 aromatic heterocycles. The van der Waals surface area contributed by atoms with Crippen LogP contribution in [0.1, 0.15) is 25.6 Å². The normalized spacial score (nSPS) is 30.8. The second-order valence-corrected chi connectivity index (χ2v) is 5.68. The predicted octanol–water partition coefficient (Wildman–Crippen LogP) is 1.90. The van der Waals surface area contributed by atoms with Gasteiger partial charge in [0.25, 0.3) is 0 Å². The minimum Gasteiger partial charge on any atom is -0.393 e. The Labute approximate surface area is 112 Å². The van der Waals surface area contributed by atoms with Crippen LogP contribution < -0.4 is 4.90 Å². The second-order valence-electron chi connectivity index (χ2n) is 5.29. The molecule has 0 bridgehead atoms. The first kappa shape index (κ1) is 12.2. The zero-order chi connectivity index (χ0) is 12.7. The largest absolute Gasteiger partial charge is 0.393 e. The zero-order valence-electron chi connectivity index (χ0n) is 10.5.